The number of aliphatic imine (C=N–C) groups is 1. The molecule has 0 saturated heterocycles. The zero-order chi connectivity index (χ0) is 21.2. The second-order valence-corrected chi connectivity index (χ2v) is 6.67. The first-order valence-electron chi connectivity index (χ1n) is 8.81. The molecule has 0 saturated carbocycles. The molecule has 0 spiro atoms. The summed E-state index contributed by atoms with van der Waals surface area (Å²) < 4.78 is 59.5. The van der Waals surface area contributed by atoms with Crippen molar-refractivity contribution in [1.29, 1.82) is 0 Å². The highest BCUT2D eigenvalue weighted by Crippen LogP contribution is 2.38. The van der Waals surface area contributed by atoms with Crippen molar-refractivity contribution in [3.63, 3.8) is 0 Å². The van der Waals surface area contributed by atoms with E-state index in [2.05, 4.69) is 15.6 Å². The van der Waals surface area contributed by atoms with Gasteiger partial charge in [0.2, 0.25) is 5.91 Å². The molecule has 1 amide bonds. The van der Waals surface area contributed by atoms with Gasteiger partial charge < -0.3 is 15.4 Å². The largest absolute Gasteiger partial charge is 0.418 e. The minimum absolute atomic E-state index is 0.000131. The predicted octanol–water partition coefficient (Wildman–Crippen LogP) is 4.73. The first kappa shape index (κ1) is 20.8. The molecule has 9 heteroatoms. The van der Waals surface area contributed by atoms with Crippen LogP contribution in [0.1, 0.15) is 24.0 Å². The number of ether oxygens (including phenoxy) is 1. The molecule has 2 aromatic rings. The highest BCUT2D eigenvalue weighted by atomic mass is 19.4. The Labute approximate surface area is 164 Å². The van der Waals surface area contributed by atoms with Gasteiger partial charge in [0.25, 0.3) is 0 Å². The van der Waals surface area contributed by atoms with Crippen LogP contribution in [0.3, 0.4) is 0 Å². The van der Waals surface area contributed by atoms with Crippen molar-refractivity contribution in [3.05, 3.63) is 53.3 Å². The molecule has 2 aromatic carbocycles. The lowest BCUT2D eigenvalue weighted by atomic mass is 10.0. The number of methoxy groups -OCH3 is 1. The van der Waals surface area contributed by atoms with E-state index in [4.69, 9.17) is 4.74 Å². The van der Waals surface area contributed by atoms with Gasteiger partial charge >= 0.3 is 6.18 Å². The fraction of sp³-hybridized carbons (Fsp3) is 0.300. The number of nitrogens with one attached hydrogen (secondary N) is 2. The van der Waals surface area contributed by atoms with E-state index >= 15 is 0 Å². The highest BCUT2D eigenvalue weighted by Gasteiger charge is 2.35. The highest BCUT2D eigenvalue weighted by molar-refractivity contribution is 6.12. The monoisotopic (exact) mass is 409 g/mol. The maximum absolute atomic E-state index is 14.1. The van der Waals surface area contributed by atoms with E-state index < -0.39 is 29.4 Å². The Balaban J connectivity index is 1.90. The minimum atomic E-state index is -4.61. The first-order chi connectivity index (χ1) is 13.7. The third-order valence-electron chi connectivity index (χ3n) is 4.40. The minimum Gasteiger partial charge on any atom is -0.383 e. The summed E-state index contributed by atoms with van der Waals surface area (Å²) in [7, 11) is 1.46. The fourth-order valence-electron chi connectivity index (χ4n) is 3.14. The van der Waals surface area contributed by atoms with Gasteiger partial charge in [0.05, 0.1) is 17.9 Å². The average molecular weight is 409 g/mol. The molecule has 0 aromatic heterocycles. The molecule has 0 bridgehead atoms. The number of rotatable bonds is 6. The quantitative estimate of drug-likeness (QED) is 0.536. The molecule has 3 rings (SSSR count). The molecular formula is C20H19F4N3O2. The van der Waals surface area contributed by atoms with Crippen LogP contribution in [-0.2, 0) is 15.7 Å². The summed E-state index contributed by atoms with van der Waals surface area (Å²) in [5.41, 5.74) is -0.536. The molecule has 154 valence electrons. The number of amides is 1. The van der Waals surface area contributed by atoms with Crippen LogP contribution in [0.4, 0.5) is 34.6 Å². The topological polar surface area (TPSA) is 62.7 Å². The Hall–Kier alpha value is -2.94. The lowest BCUT2D eigenvalue weighted by Crippen LogP contribution is -2.23. The third kappa shape index (κ3) is 4.56. The molecule has 0 aliphatic carbocycles. The van der Waals surface area contributed by atoms with Gasteiger partial charge in [0.15, 0.2) is 0 Å². The molecule has 29 heavy (non-hydrogen) atoms. The Kier molecular flexibility index (Phi) is 5.88. The van der Waals surface area contributed by atoms with Gasteiger partial charge in [0, 0.05) is 36.3 Å². The van der Waals surface area contributed by atoms with Crippen molar-refractivity contribution in [1.82, 2.24) is 0 Å². The smallest absolute Gasteiger partial charge is 0.383 e. The van der Waals surface area contributed by atoms with Gasteiger partial charge in [-0.05, 0) is 37.3 Å². The van der Waals surface area contributed by atoms with Gasteiger partial charge in [-0.15, -0.1) is 0 Å². The number of anilines is 2. The van der Waals surface area contributed by atoms with Gasteiger partial charge in [-0.2, -0.15) is 13.2 Å². The predicted molar refractivity (Wildman–Crippen MR) is 102 cm³/mol. The van der Waals surface area contributed by atoms with Gasteiger partial charge in [-0.25, -0.2) is 4.39 Å². The lowest BCUT2D eigenvalue weighted by molar-refractivity contribution is -0.137. The average Bonchev–Trinajstić information content (AvgIpc) is 2.96. The second kappa shape index (κ2) is 8.20. The van der Waals surface area contributed by atoms with E-state index in [9.17, 15) is 22.4 Å². The number of carbonyl (C=O) groups is 1. The van der Waals surface area contributed by atoms with Gasteiger partial charge in [0.1, 0.15) is 11.7 Å². The Morgan fingerprint density at radius 2 is 2.07 bits per heavy atom. The fourth-order valence-corrected chi connectivity index (χ4v) is 3.14. The summed E-state index contributed by atoms with van der Waals surface area (Å²) in [6.45, 7) is 1.93. The number of halogens is 4. The van der Waals surface area contributed by atoms with Crippen molar-refractivity contribution >= 4 is 29.2 Å². The summed E-state index contributed by atoms with van der Waals surface area (Å²) in [5, 5.41) is 5.29. The van der Waals surface area contributed by atoms with Crippen LogP contribution in [0.5, 0.6) is 0 Å². The first-order valence-corrected chi connectivity index (χ1v) is 8.81. The number of fused-ring (bicyclic) bond motifs is 1. The van der Waals surface area contributed by atoms with Crippen molar-refractivity contribution in [2.45, 2.75) is 25.1 Å². The molecular weight excluding hydrogens is 390 g/mol. The van der Waals surface area contributed by atoms with Crippen LogP contribution in [0, 0.1) is 5.82 Å². The zero-order valence-corrected chi connectivity index (χ0v) is 15.7. The van der Waals surface area contributed by atoms with Crippen molar-refractivity contribution in [3.8, 4) is 0 Å². The van der Waals surface area contributed by atoms with Crippen LogP contribution in [0.25, 0.3) is 0 Å². The molecule has 1 heterocycles. The molecule has 2 atom stereocenters. The maximum atomic E-state index is 14.1. The Morgan fingerprint density at radius 3 is 2.76 bits per heavy atom. The standard InChI is InChI=1S/C20H19F4N3O2/c1-11(10-29-2)26-16-7-6-12(8-14(16)20(22,23)24)25-9-13-18-15(21)4-3-5-17(18)27-19(13)28/h3-9,11,13,26H,10H2,1-2H3,(H,27,28). The van der Waals surface area contributed by atoms with Crippen LogP contribution in [-0.4, -0.2) is 31.9 Å². The summed E-state index contributed by atoms with van der Waals surface area (Å²) in [6, 6.07) is 7.43. The van der Waals surface area contributed by atoms with Gasteiger partial charge in [-0.3, -0.25) is 9.79 Å². The van der Waals surface area contributed by atoms with Crippen LogP contribution in [0.2, 0.25) is 0 Å². The summed E-state index contributed by atoms with van der Waals surface area (Å²) in [6.07, 6.45) is -3.45. The van der Waals surface area contributed by atoms with E-state index in [-0.39, 0.29) is 29.6 Å². The number of hydrogen-bond acceptors (Lipinski definition) is 4. The summed E-state index contributed by atoms with van der Waals surface area (Å²) >= 11 is 0. The SMILES string of the molecule is COCC(C)Nc1ccc(N=CC2C(=O)Nc3cccc(F)c32)cc1C(F)(F)F. The van der Waals surface area contributed by atoms with Crippen LogP contribution >= 0.6 is 0 Å². The normalized spacial score (nSPS) is 17.3. The summed E-state index contributed by atoms with van der Waals surface area (Å²) in [4.78, 5) is 16.1. The van der Waals surface area contributed by atoms with Crippen molar-refractivity contribution in [2.75, 3.05) is 24.4 Å². The Morgan fingerprint density at radius 1 is 1.31 bits per heavy atom. The number of nitrogens with zero attached hydrogens (tertiary/aromatic N) is 1. The Bertz CT molecular complexity index is 944. The van der Waals surface area contributed by atoms with Crippen molar-refractivity contribution in [2.24, 2.45) is 4.99 Å². The van der Waals surface area contributed by atoms with E-state index in [1.807, 2.05) is 0 Å². The van der Waals surface area contributed by atoms with Gasteiger partial charge in [-0.1, -0.05) is 6.07 Å². The number of benzene rings is 2. The number of carbonyl (C=O) groups excluding carboxylic acids is 1. The third-order valence-corrected chi connectivity index (χ3v) is 4.40. The number of hydrogen-bond donors (Lipinski definition) is 2. The molecule has 1 aliphatic rings. The van der Waals surface area contributed by atoms with Crippen LogP contribution in [0.15, 0.2) is 41.4 Å². The van der Waals surface area contributed by atoms with E-state index in [0.717, 1.165) is 12.3 Å². The van der Waals surface area contributed by atoms with Crippen LogP contribution < -0.4 is 10.6 Å². The zero-order valence-electron chi connectivity index (χ0n) is 15.7. The molecule has 1 aliphatic heterocycles. The molecule has 2 unspecified atom stereocenters. The molecule has 0 radical (unpaired) electrons. The van der Waals surface area contributed by atoms with E-state index in [0.29, 0.717) is 5.69 Å². The molecule has 0 fully saturated rings. The summed E-state index contributed by atoms with van der Waals surface area (Å²) in [5.74, 6) is -2.09. The van der Waals surface area contributed by atoms with E-state index in [1.54, 1.807) is 13.0 Å². The maximum Gasteiger partial charge on any atom is 0.418 e. The lowest BCUT2D eigenvalue weighted by Gasteiger charge is -2.19. The van der Waals surface area contributed by atoms with E-state index in [1.165, 1.54) is 31.4 Å². The number of alkyl halides is 3. The molecule has 5 nitrogen and oxygen atoms in total. The van der Waals surface area contributed by atoms with Crippen molar-refractivity contribution < 1.29 is 27.1 Å². The molecule has 2 N–H and O–H groups in total. The second-order valence-electron chi connectivity index (χ2n) is 6.67.